The van der Waals surface area contributed by atoms with Crippen LogP contribution in [0.5, 0.6) is 11.5 Å². The molecule has 1 fully saturated rings. The number of fused-ring (bicyclic) bond motifs is 2. The molecule has 3 aliphatic rings. The molecule has 2 amide bonds. The van der Waals surface area contributed by atoms with Gasteiger partial charge in [0.05, 0.1) is 16.6 Å². The number of benzene rings is 1. The van der Waals surface area contributed by atoms with Crippen molar-refractivity contribution in [3.63, 3.8) is 0 Å². The molecular weight excluding hydrogens is 414 g/mol. The first-order valence-corrected chi connectivity index (χ1v) is 11.9. The fourth-order valence-corrected chi connectivity index (χ4v) is 5.64. The minimum atomic E-state index is -0.326. The lowest BCUT2D eigenvalue weighted by molar-refractivity contribution is -0.126. The van der Waals surface area contributed by atoms with Gasteiger partial charge in [-0.3, -0.25) is 9.59 Å². The summed E-state index contributed by atoms with van der Waals surface area (Å²) in [6, 6.07) is 5.49. The van der Waals surface area contributed by atoms with E-state index in [2.05, 4.69) is 5.32 Å². The van der Waals surface area contributed by atoms with Gasteiger partial charge in [-0.25, -0.2) is 4.98 Å². The minimum Gasteiger partial charge on any atom is -0.486 e. The number of thiazole rings is 1. The van der Waals surface area contributed by atoms with Crippen molar-refractivity contribution in [2.75, 3.05) is 31.2 Å². The largest absolute Gasteiger partial charge is 0.486 e. The lowest BCUT2D eigenvalue weighted by Crippen LogP contribution is -2.33. The normalized spacial score (nSPS) is 19.9. The van der Waals surface area contributed by atoms with Crippen LogP contribution < -0.4 is 19.7 Å². The molecule has 1 atom stereocenters. The fourth-order valence-electron chi connectivity index (χ4n) is 4.44. The smallest absolute Gasteiger partial charge is 0.227 e. The first-order chi connectivity index (χ1) is 15.2. The molecule has 2 aliphatic heterocycles. The first-order valence-electron chi connectivity index (χ1n) is 11.1. The molecule has 0 spiro atoms. The molecule has 8 heteroatoms. The number of carbonyl (C=O) groups is 2. The van der Waals surface area contributed by atoms with E-state index in [1.807, 2.05) is 29.5 Å². The third-order valence-electron chi connectivity index (χ3n) is 6.09. The van der Waals surface area contributed by atoms with Gasteiger partial charge < -0.3 is 19.7 Å². The molecule has 1 aromatic carbocycles. The number of nitrogens with one attached hydrogen (secondary N) is 1. The van der Waals surface area contributed by atoms with Gasteiger partial charge in [-0.2, -0.15) is 0 Å². The molecule has 31 heavy (non-hydrogen) atoms. The van der Waals surface area contributed by atoms with Crippen molar-refractivity contribution in [1.29, 1.82) is 0 Å². The Morgan fingerprint density at radius 1 is 1.19 bits per heavy atom. The van der Waals surface area contributed by atoms with E-state index in [9.17, 15) is 9.59 Å². The Morgan fingerprint density at radius 2 is 2.03 bits per heavy atom. The Labute approximate surface area is 185 Å². The van der Waals surface area contributed by atoms with Gasteiger partial charge >= 0.3 is 0 Å². The van der Waals surface area contributed by atoms with Crippen LogP contribution in [0.2, 0.25) is 0 Å². The van der Waals surface area contributed by atoms with Crippen LogP contribution in [0.4, 0.5) is 5.69 Å². The second-order valence-electron chi connectivity index (χ2n) is 8.31. The molecule has 3 heterocycles. The van der Waals surface area contributed by atoms with E-state index in [-0.39, 0.29) is 24.2 Å². The van der Waals surface area contributed by atoms with Gasteiger partial charge in [0.1, 0.15) is 13.2 Å². The Balaban J connectivity index is 1.11. The summed E-state index contributed by atoms with van der Waals surface area (Å²) in [4.78, 5) is 33.0. The van der Waals surface area contributed by atoms with Gasteiger partial charge in [-0.15, -0.1) is 11.3 Å². The molecule has 164 valence electrons. The van der Waals surface area contributed by atoms with Crippen LogP contribution in [-0.2, 0) is 28.9 Å². The zero-order chi connectivity index (χ0) is 21.2. The highest BCUT2D eigenvalue weighted by Gasteiger charge is 2.35. The first kappa shape index (κ1) is 20.3. The van der Waals surface area contributed by atoms with Gasteiger partial charge in [-0.05, 0) is 44.2 Å². The molecule has 1 aromatic heterocycles. The monoisotopic (exact) mass is 441 g/mol. The molecule has 7 nitrogen and oxygen atoms in total. The number of nitrogens with zero attached hydrogens (tertiary/aromatic N) is 2. The second-order valence-corrected chi connectivity index (χ2v) is 9.48. The summed E-state index contributed by atoms with van der Waals surface area (Å²) in [7, 11) is 0. The number of ether oxygens (including phenoxy) is 2. The highest BCUT2D eigenvalue weighted by atomic mass is 32.1. The number of hydrogen-bond acceptors (Lipinski definition) is 6. The molecule has 0 bridgehead atoms. The predicted octanol–water partition coefficient (Wildman–Crippen LogP) is 2.90. The minimum absolute atomic E-state index is 0.0369. The van der Waals surface area contributed by atoms with Crippen LogP contribution in [-0.4, -0.2) is 43.1 Å². The van der Waals surface area contributed by atoms with E-state index in [4.69, 9.17) is 14.5 Å². The number of hydrogen-bond donors (Lipinski definition) is 1. The molecule has 5 rings (SSSR count). The van der Waals surface area contributed by atoms with Gasteiger partial charge in [0.2, 0.25) is 11.8 Å². The Hall–Kier alpha value is -2.61. The van der Waals surface area contributed by atoms with Crippen molar-refractivity contribution >= 4 is 28.8 Å². The van der Waals surface area contributed by atoms with E-state index in [1.165, 1.54) is 34.8 Å². The summed E-state index contributed by atoms with van der Waals surface area (Å²) in [5.74, 6) is 0.926. The third-order valence-corrected chi connectivity index (χ3v) is 7.31. The predicted molar refractivity (Wildman–Crippen MR) is 118 cm³/mol. The summed E-state index contributed by atoms with van der Waals surface area (Å²) < 4.78 is 11.2. The Morgan fingerprint density at radius 3 is 2.90 bits per heavy atom. The van der Waals surface area contributed by atoms with E-state index >= 15 is 0 Å². The summed E-state index contributed by atoms with van der Waals surface area (Å²) in [6.07, 6.45) is 6.79. The van der Waals surface area contributed by atoms with Crippen molar-refractivity contribution in [3.8, 4) is 11.5 Å². The van der Waals surface area contributed by atoms with Crippen molar-refractivity contribution in [3.05, 3.63) is 33.8 Å². The van der Waals surface area contributed by atoms with Crippen LogP contribution in [0, 0.1) is 5.92 Å². The molecule has 0 radical (unpaired) electrons. The second kappa shape index (κ2) is 8.86. The van der Waals surface area contributed by atoms with Crippen molar-refractivity contribution in [2.24, 2.45) is 5.92 Å². The number of aryl methyl sites for hydroxylation is 3. The van der Waals surface area contributed by atoms with Crippen molar-refractivity contribution in [1.82, 2.24) is 10.3 Å². The molecular formula is C23H27N3O4S. The maximum absolute atomic E-state index is 12.6. The number of carbonyl (C=O) groups excluding carboxylic acids is 2. The molecule has 1 saturated heterocycles. The highest BCUT2D eigenvalue weighted by Crippen LogP contribution is 2.36. The molecule has 2 aromatic rings. The quantitative estimate of drug-likeness (QED) is 0.698. The fraction of sp³-hybridized carbons (Fsp3) is 0.522. The van der Waals surface area contributed by atoms with Crippen LogP contribution in [0.1, 0.15) is 41.3 Å². The molecule has 1 aliphatic carbocycles. The molecule has 1 unspecified atom stereocenters. The van der Waals surface area contributed by atoms with Crippen LogP contribution >= 0.6 is 11.3 Å². The SMILES string of the molecule is O=C(NCCCc1nc2c(s1)CCCC2)C1CC(=O)N(c2ccc3c(c2)OCCO3)C1. The maximum Gasteiger partial charge on any atom is 0.227 e. The lowest BCUT2D eigenvalue weighted by atomic mass is 10.0. The van der Waals surface area contributed by atoms with E-state index < -0.39 is 0 Å². The third kappa shape index (κ3) is 4.39. The van der Waals surface area contributed by atoms with Crippen molar-refractivity contribution < 1.29 is 19.1 Å². The van der Waals surface area contributed by atoms with Crippen LogP contribution in [0.15, 0.2) is 18.2 Å². The van der Waals surface area contributed by atoms with Gasteiger partial charge in [0, 0.05) is 42.6 Å². The van der Waals surface area contributed by atoms with E-state index in [1.54, 1.807) is 4.90 Å². The number of aromatic nitrogens is 1. The van der Waals surface area contributed by atoms with Crippen molar-refractivity contribution in [2.45, 2.75) is 44.9 Å². The summed E-state index contributed by atoms with van der Waals surface area (Å²) >= 11 is 1.83. The van der Waals surface area contributed by atoms with Gasteiger partial charge in [-0.1, -0.05) is 0 Å². The maximum atomic E-state index is 12.6. The number of rotatable bonds is 6. The van der Waals surface area contributed by atoms with Crippen LogP contribution in [0.25, 0.3) is 0 Å². The van der Waals surface area contributed by atoms with Crippen LogP contribution in [0.3, 0.4) is 0 Å². The average Bonchev–Trinajstić information content (AvgIpc) is 3.39. The Bertz CT molecular complexity index is 966. The summed E-state index contributed by atoms with van der Waals surface area (Å²) in [5.41, 5.74) is 2.04. The molecule has 0 saturated carbocycles. The molecule has 1 N–H and O–H groups in total. The zero-order valence-corrected chi connectivity index (χ0v) is 18.3. The number of amides is 2. The standard InChI is InChI=1S/C23H27N3O4S/c27-22-12-15(14-26(22)16-7-8-18-19(13-16)30-11-10-29-18)23(28)24-9-3-6-21-25-17-4-1-2-5-20(17)31-21/h7-8,13,15H,1-6,9-12,14H2,(H,24,28). The lowest BCUT2D eigenvalue weighted by Gasteiger charge is -2.22. The Kier molecular flexibility index (Phi) is 5.80. The van der Waals surface area contributed by atoms with Gasteiger partial charge in [0.15, 0.2) is 11.5 Å². The highest BCUT2D eigenvalue weighted by molar-refractivity contribution is 7.11. The summed E-state index contributed by atoms with van der Waals surface area (Å²) in [5, 5.41) is 4.20. The zero-order valence-electron chi connectivity index (χ0n) is 17.5. The average molecular weight is 442 g/mol. The van der Waals surface area contributed by atoms with E-state index in [0.29, 0.717) is 37.8 Å². The topological polar surface area (TPSA) is 80.8 Å². The van der Waals surface area contributed by atoms with E-state index in [0.717, 1.165) is 24.9 Å². The number of anilines is 1. The summed E-state index contributed by atoms with van der Waals surface area (Å²) in [6.45, 7) is 2.03. The van der Waals surface area contributed by atoms with Gasteiger partial charge in [0.25, 0.3) is 0 Å².